The number of hydrogen-bond donors (Lipinski definition) is 1. The minimum Gasteiger partial charge on any atom is -0.383 e. The van der Waals surface area contributed by atoms with E-state index in [1.54, 1.807) is 0 Å². The van der Waals surface area contributed by atoms with Gasteiger partial charge in [-0.15, -0.1) is 0 Å². The number of nitrogens with zero attached hydrogens (tertiary/aromatic N) is 1. The summed E-state index contributed by atoms with van der Waals surface area (Å²) in [6, 6.07) is 15.1. The van der Waals surface area contributed by atoms with E-state index < -0.39 is 0 Å². The van der Waals surface area contributed by atoms with Crippen LogP contribution < -0.4 is 10.2 Å². The van der Waals surface area contributed by atoms with Gasteiger partial charge < -0.3 is 10.2 Å². The number of aryl methyl sites for hydroxylation is 1. The first kappa shape index (κ1) is 12.5. The molecule has 19 heavy (non-hydrogen) atoms. The molecule has 98 valence electrons. The van der Waals surface area contributed by atoms with Crippen LogP contribution in [-0.2, 0) is 0 Å². The van der Waals surface area contributed by atoms with E-state index in [4.69, 9.17) is 0 Å². The first-order valence-electron chi connectivity index (χ1n) is 6.62. The molecular formula is C16H17BrN2. The minimum atomic E-state index is 1.02. The summed E-state index contributed by atoms with van der Waals surface area (Å²) in [5, 5.41) is 3.50. The predicted molar refractivity (Wildman–Crippen MR) is 85.4 cm³/mol. The Morgan fingerprint density at radius 3 is 2.79 bits per heavy atom. The summed E-state index contributed by atoms with van der Waals surface area (Å²) in [6.45, 7) is 4.18. The van der Waals surface area contributed by atoms with Crippen LogP contribution in [0.15, 0.2) is 46.9 Å². The van der Waals surface area contributed by atoms with Crippen molar-refractivity contribution in [1.82, 2.24) is 0 Å². The van der Waals surface area contributed by atoms with E-state index in [1.807, 2.05) is 0 Å². The van der Waals surface area contributed by atoms with Gasteiger partial charge in [0, 0.05) is 17.6 Å². The molecule has 1 heterocycles. The number of benzene rings is 2. The summed E-state index contributed by atoms with van der Waals surface area (Å²) in [7, 11) is 0. The topological polar surface area (TPSA) is 15.3 Å². The zero-order chi connectivity index (χ0) is 13.2. The van der Waals surface area contributed by atoms with Crippen LogP contribution in [-0.4, -0.2) is 13.1 Å². The monoisotopic (exact) mass is 316 g/mol. The third-order valence-electron chi connectivity index (χ3n) is 3.46. The Balaban J connectivity index is 2.09. The molecule has 2 nitrogen and oxygen atoms in total. The van der Waals surface area contributed by atoms with Gasteiger partial charge in [0.2, 0.25) is 0 Å². The van der Waals surface area contributed by atoms with Gasteiger partial charge in [0.15, 0.2) is 0 Å². The van der Waals surface area contributed by atoms with Crippen molar-refractivity contribution in [1.29, 1.82) is 0 Å². The van der Waals surface area contributed by atoms with E-state index in [1.165, 1.54) is 22.6 Å². The molecule has 0 atom stereocenters. The second-order valence-electron chi connectivity index (χ2n) is 4.90. The summed E-state index contributed by atoms with van der Waals surface area (Å²) < 4.78 is 1.16. The number of para-hydroxylation sites is 2. The number of halogens is 1. The van der Waals surface area contributed by atoms with Crippen LogP contribution in [0.2, 0.25) is 0 Å². The minimum absolute atomic E-state index is 1.02. The lowest BCUT2D eigenvalue weighted by Gasteiger charge is -2.25. The highest BCUT2D eigenvalue weighted by atomic mass is 79.9. The zero-order valence-corrected chi connectivity index (χ0v) is 12.6. The third kappa shape index (κ3) is 2.47. The molecule has 1 N–H and O–H groups in total. The average Bonchev–Trinajstić information content (AvgIpc) is 2.61. The van der Waals surface area contributed by atoms with Crippen LogP contribution in [0.5, 0.6) is 0 Å². The number of anilines is 3. The third-order valence-corrected chi connectivity index (χ3v) is 4.10. The second kappa shape index (κ2) is 5.25. The van der Waals surface area contributed by atoms with Crippen molar-refractivity contribution in [2.45, 2.75) is 13.3 Å². The molecule has 0 radical (unpaired) electrons. The van der Waals surface area contributed by atoms with Crippen molar-refractivity contribution in [2.24, 2.45) is 0 Å². The number of hydrogen-bond acceptors (Lipinski definition) is 2. The fourth-order valence-electron chi connectivity index (χ4n) is 2.52. The number of fused-ring (bicyclic) bond motifs is 1. The van der Waals surface area contributed by atoms with Crippen LogP contribution in [0.25, 0.3) is 0 Å². The summed E-state index contributed by atoms with van der Waals surface area (Å²) >= 11 is 3.70. The predicted octanol–water partition coefficient (Wildman–Crippen LogP) is 4.71. The lowest BCUT2D eigenvalue weighted by Crippen LogP contribution is -2.18. The van der Waals surface area contributed by atoms with Crippen molar-refractivity contribution in [3.8, 4) is 0 Å². The Labute approximate surface area is 122 Å². The molecule has 1 aliphatic rings. The van der Waals surface area contributed by atoms with Gasteiger partial charge in [-0.25, -0.2) is 0 Å². The van der Waals surface area contributed by atoms with Crippen LogP contribution in [0.4, 0.5) is 17.1 Å². The van der Waals surface area contributed by atoms with Crippen molar-refractivity contribution in [3.63, 3.8) is 0 Å². The molecule has 2 aromatic rings. The summed E-state index contributed by atoms with van der Waals surface area (Å²) in [4.78, 5) is 2.39. The maximum Gasteiger partial charge on any atom is 0.0646 e. The number of rotatable bonds is 1. The molecule has 0 bridgehead atoms. The van der Waals surface area contributed by atoms with Gasteiger partial charge in [0.25, 0.3) is 0 Å². The van der Waals surface area contributed by atoms with E-state index in [0.29, 0.717) is 0 Å². The fourth-order valence-corrected chi connectivity index (χ4v) is 3.23. The molecule has 0 saturated carbocycles. The SMILES string of the molecule is Cc1ccc(N2CCCNc3ccccc32)c(Br)c1. The van der Waals surface area contributed by atoms with Crippen LogP contribution in [0.3, 0.4) is 0 Å². The molecule has 1 aliphatic heterocycles. The summed E-state index contributed by atoms with van der Waals surface area (Å²) in [5.41, 5.74) is 4.98. The zero-order valence-electron chi connectivity index (χ0n) is 11.0. The van der Waals surface area contributed by atoms with Crippen molar-refractivity contribution in [2.75, 3.05) is 23.3 Å². The Kier molecular flexibility index (Phi) is 3.47. The van der Waals surface area contributed by atoms with Crippen molar-refractivity contribution >= 4 is 33.0 Å². The highest BCUT2D eigenvalue weighted by Crippen LogP contribution is 2.37. The lowest BCUT2D eigenvalue weighted by atomic mass is 10.2. The first-order chi connectivity index (χ1) is 9.25. The van der Waals surface area contributed by atoms with E-state index in [9.17, 15) is 0 Å². The molecule has 0 unspecified atom stereocenters. The van der Waals surface area contributed by atoms with Crippen LogP contribution in [0.1, 0.15) is 12.0 Å². The molecule has 0 saturated heterocycles. The number of nitrogens with one attached hydrogen (secondary N) is 1. The Hall–Kier alpha value is -1.48. The lowest BCUT2D eigenvalue weighted by molar-refractivity contribution is 0.862. The molecule has 0 spiro atoms. The molecule has 3 heteroatoms. The summed E-state index contributed by atoms with van der Waals surface area (Å²) in [5.74, 6) is 0. The van der Waals surface area contributed by atoms with Gasteiger partial charge in [0.05, 0.1) is 17.1 Å². The molecule has 3 rings (SSSR count). The van der Waals surface area contributed by atoms with E-state index in [2.05, 4.69) is 75.5 Å². The quantitative estimate of drug-likeness (QED) is 0.819. The maximum absolute atomic E-state index is 3.70. The van der Waals surface area contributed by atoms with Crippen molar-refractivity contribution in [3.05, 3.63) is 52.5 Å². The van der Waals surface area contributed by atoms with Gasteiger partial charge in [-0.3, -0.25) is 0 Å². The van der Waals surface area contributed by atoms with Crippen LogP contribution >= 0.6 is 15.9 Å². The highest BCUT2D eigenvalue weighted by Gasteiger charge is 2.17. The normalized spacial score (nSPS) is 14.5. The molecule has 0 fully saturated rings. The van der Waals surface area contributed by atoms with Gasteiger partial charge in [0.1, 0.15) is 0 Å². The second-order valence-corrected chi connectivity index (χ2v) is 5.76. The smallest absolute Gasteiger partial charge is 0.0646 e. The first-order valence-corrected chi connectivity index (χ1v) is 7.41. The molecule has 0 amide bonds. The molecule has 0 aromatic heterocycles. The Morgan fingerprint density at radius 2 is 1.95 bits per heavy atom. The molecular weight excluding hydrogens is 300 g/mol. The Bertz CT molecular complexity index is 595. The standard InChI is InChI=1S/C16H17BrN2/c1-12-7-8-15(13(17)11-12)19-10-4-9-18-14-5-2-3-6-16(14)19/h2-3,5-8,11,18H,4,9-10H2,1H3. The van der Waals surface area contributed by atoms with Crippen LogP contribution in [0, 0.1) is 6.92 Å². The fraction of sp³-hybridized carbons (Fsp3) is 0.250. The summed E-state index contributed by atoms with van der Waals surface area (Å²) in [6.07, 6.45) is 1.13. The van der Waals surface area contributed by atoms with E-state index in [-0.39, 0.29) is 0 Å². The van der Waals surface area contributed by atoms with E-state index in [0.717, 1.165) is 24.0 Å². The van der Waals surface area contributed by atoms with Gasteiger partial charge in [-0.2, -0.15) is 0 Å². The van der Waals surface area contributed by atoms with Crippen molar-refractivity contribution < 1.29 is 0 Å². The average molecular weight is 317 g/mol. The van der Waals surface area contributed by atoms with Gasteiger partial charge in [-0.05, 0) is 59.1 Å². The Morgan fingerprint density at radius 1 is 1.11 bits per heavy atom. The maximum atomic E-state index is 3.70. The van der Waals surface area contributed by atoms with Gasteiger partial charge >= 0.3 is 0 Å². The molecule has 2 aromatic carbocycles. The largest absolute Gasteiger partial charge is 0.383 e. The molecule has 0 aliphatic carbocycles. The van der Waals surface area contributed by atoms with Gasteiger partial charge in [-0.1, -0.05) is 18.2 Å². The highest BCUT2D eigenvalue weighted by molar-refractivity contribution is 9.10. The van der Waals surface area contributed by atoms with E-state index >= 15 is 0 Å².